The first-order chi connectivity index (χ1) is 8.06. The third-order valence-corrected chi connectivity index (χ3v) is 4.24. The van der Waals surface area contributed by atoms with Gasteiger partial charge in [-0.25, -0.2) is 21.2 Å². The van der Waals surface area contributed by atoms with Crippen molar-refractivity contribution in [1.82, 2.24) is 0 Å². The summed E-state index contributed by atoms with van der Waals surface area (Å²) >= 11 is 0. The Morgan fingerprint density at radius 3 is 1.94 bits per heavy atom. The SMILES string of the molecule is CCCS(=O)(=O)Cl.O=S(=O)(Cl)c1cccc(F)c1. The fourth-order valence-electron chi connectivity index (χ4n) is 0.862. The smallest absolute Gasteiger partial charge is 0.212 e. The van der Waals surface area contributed by atoms with Crippen molar-refractivity contribution in [2.75, 3.05) is 5.75 Å². The number of hydrogen-bond donors (Lipinski definition) is 0. The molecule has 0 N–H and O–H groups in total. The molecule has 104 valence electrons. The summed E-state index contributed by atoms with van der Waals surface area (Å²) in [6.07, 6.45) is 0.589. The molecule has 0 unspecified atom stereocenters. The standard InChI is InChI=1S/C6H4ClFO2S.C3H7ClO2S/c7-11(9,10)6-3-1-2-5(8)4-6;1-2-3-7(4,5)6/h1-4H;2-3H2,1H3. The van der Waals surface area contributed by atoms with Crippen molar-refractivity contribution in [3.8, 4) is 0 Å². The third kappa shape index (κ3) is 8.68. The first-order valence-electron chi connectivity index (χ1n) is 4.69. The zero-order valence-corrected chi connectivity index (χ0v) is 12.5. The number of rotatable bonds is 3. The molecule has 1 rings (SSSR count). The van der Waals surface area contributed by atoms with Crippen molar-refractivity contribution in [2.45, 2.75) is 18.2 Å². The lowest BCUT2D eigenvalue weighted by atomic mass is 10.4. The molecular weight excluding hydrogens is 326 g/mol. The number of halogens is 3. The van der Waals surface area contributed by atoms with Crippen molar-refractivity contribution in [2.24, 2.45) is 0 Å². The van der Waals surface area contributed by atoms with Crippen LogP contribution in [0.4, 0.5) is 4.39 Å². The van der Waals surface area contributed by atoms with E-state index in [1.807, 2.05) is 0 Å². The molecule has 0 spiro atoms. The van der Waals surface area contributed by atoms with Crippen molar-refractivity contribution in [1.29, 1.82) is 0 Å². The molecule has 0 saturated heterocycles. The summed E-state index contributed by atoms with van der Waals surface area (Å²) in [5.41, 5.74) is 0. The van der Waals surface area contributed by atoms with Gasteiger partial charge in [0.15, 0.2) is 0 Å². The van der Waals surface area contributed by atoms with E-state index in [9.17, 15) is 21.2 Å². The van der Waals surface area contributed by atoms with Gasteiger partial charge in [-0.1, -0.05) is 13.0 Å². The van der Waals surface area contributed by atoms with Crippen molar-refractivity contribution >= 4 is 39.5 Å². The van der Waals surface area contributed by atoms with Crippen molar-refractivity contribution in [3.63, 3.8) is 0 Å². The Morgan fingerprint density at radius 1 is 1.17 bits per heavy atom. The molecule has 0 bridgehead atoms. The molecule has 0 amide bonds. The summed E-state index contributed by atoms with van der Waals surface area (Å²) in [5, 5.41) is 0. The average Bonchev–Trinajstić information content (AvgIpc) is 2.15. The van der Waals surface area contributed by atoms with Gasteiger partial charge < -0.3 is 0 Å². The maximum atomic E-state index is 12.4. The van der Waals surface area contributed by atoms with E-state index in [4.69, 9.17) is 21.4 Å². The Balaban J connectivity index is 0.000000360. The van der Waals surface area contributed by atoms with Gasteiger partial charge in [0.05, 0.1) is 10.6 Å². The molecule has 0 heterocycles. The lowest BCUT2D eigenvalue weighted by Gasteiger charge is -1.93. The predicted molar refractivity (Wildman–Crippen MR) is 69.4 cm³/mol. The van der Waals surface area contributed by atoms with E-state index in [0.717, 1.165) is 12.1 Å². The van der Waals surface area contributed by atoms with E-state index in [-0.39, 0.29) is 10.6 Å². The Labute approximate surface area is 115 Å². The normalized spacial score (nSPS) is 11.6. The summed E-state index contributed by atoms with van der Waals surface area (Å²) in [4.78, 5) is -0.223. The zero-order valence-electron chi connectivity index (χ0n) is 9.31. The number of hydrogen-bond acceptors (Lipinski definition) is 4. The van der Waals surface area contributed by atoms with Crippen LogP contribution in [-0.4, -0.2) is 22.6 Å². The minimum absolute atomic E-state index is 0.0779. The van der Waals surface area contributed by atoms with Crippen LogP contribution in [0.15, 0.2) is 29.2 Å². The molecular formula is C9H11Cl2FO4S2. The van der Waals surface area contributed by atoms with E-state index in [1.54, 1.807) is 6.92 Å². The van der Waals surface area contributed by atoms with Crippen LogP contribution in [0.2, 0.25) is 0 Å². The lowest BCUT2D eigenvalue weighted by molar-refractivity contribution is 0.602. The van der Waals surface area contributed by atoms with E-state index < -0.39 is 23.9 Å². The Bertz CT molecular complexity index is 584. The predicted octanol–water partition coefficient (Wildman–Crippen LogP) is 2.72. The molecule has 9 heteroatoms. The summed E-state index contributed by atoms with van der Waals surface area (Å²) in [6, 6.07) is 4.52. The van der Waals surface area contributed by atoms with Gasteiger partial charge in [0, 0.05) is 21.4 Å². The minimum Gasteiger partial charge on any atom is -0.212 e. The van der Waals surface area contributed by atoms with Gasteiger partial charge in [0.25, 0.3) is 9.05 Å². The second-order valence-electron chi connectivity index (χ2n) is 3.14. The molecule has 0 radical (unpaired) electrons. The molecule has 0 saturated carbocycles. The van der Waals surface area contributed by atoms with Crippen LogP contribution in [-0.2, 0) is 18.1 Å². The average molecular weight is 337 g/mol. The highest BCUT2D eigenvalue weighted by Gasteiger charge is 2.09. The molecule has 1 aromatic carbocycles. The molecule has 0 aromatic heterocycles. The van der Waals surface area contributed by atoms with Crippen LogP contribution < -0.4 is 0 Å². The van der Waals surface area contributed by atoms with Crippen molar-refractivity contribution in [3.05, 3.63) is 30.1 Å². The molecule has 4 nitrogen and oxygen atoms in total. The Hall–Kier alpha value is -0.370. The second-order valence-corrected chi connectivity index (χ2v) is 8.60. The van der Waals surface area contributed by atoms with Crippen LogP contribution in [0.1, 0.15) is 13.3 Å². The van der Waals surface area contributed by atoms with E-state index in [0.29, 0.717) is 6.42 Å². The van der Waals surface area contributed by atoms with Crippen LogP contribution >= 0.6 is 21.4 Å². The molecule has 0 aliphatic rings. The van der Waals surface area contributed by atoms with Gasteiger partial charge >= 0.3 is 0 Å². The van der Waals surface area contributed by atoms with Crippen LogP contribution in [0.25, 0.3) is 0 Å². The van der Waals surface area contributed by atoms with Crippen LogP contribution in [0.5, 0.6) is 0 Å². The highest BCUT2D eigenvalue weighted by molar-refractivity contribution is 8.14. The molecule has 0 atom stereocenters. The lowest BCUT2D eigenvalue weighted by Crippen LogP contribution is -1.93. The molecule has 0 aliphatic heterocycles. The van der Waals surface area contributed by atoms with Gasteiger partial charge in [-0.15, -0.1) is 0 Å². The Kier molecular flexibility index (Phi) is 7.13. The van der Waals surface area contributed by atoms with Gasteiger partial charge in [0.1, 0.15) is 5.82 Å². The third-order valence-electron chi connectivity index (χ3n) is 1.53. The second kappa shape index (κ2) is 7.28. The molecule has 18 heavy (non-hydrogen) atoms. The molecule has 0 fully saturated rings. The van der Waals surface area contributed by atoms with E-state index in [2.05, 4.69) is 0 Å². The highest BCUT2D eigenvalue weighted by atomic mass is 35.7. The summed E-state index contributed by atoms with van der Waals surface area (Å²) in [6.45, 7) is 1.76. The largest absolute Gasteiger partial charge is 0.261 e. The molecule has 0 aliphatic carbocycles. The fourth-order valence-corrected chi connectivity index (χ4v) is 2.60. The van der Waals surface area contributed by atoms with Gasteiger partial charge in [-0.3, -0.25) is 0 Å². The number of benzene rings is 1. The van der Waals surface area contributed by atoms with Crippen LogP contribution in [0.3, 0.4) is 0 Å². The van der Waals surface area contributed by atoms with Gasteiger partial charge in [-0.2, -0.15) is 0 Å². The van der Waals surface area contributed by atoms with Gasteiger partial charge in [-0.05, 0) is 24.6 Å². The zero-order chi connectivity index (χ0) is 14.4. The first-order valence-corrected chi connectivity index (χ1v) is 9.47. The topological polar surface area (TPSA) is 68.3 Å². The first kappa shape index (κ1) is 17.6. The summed E-state index contributed by atoms with van der Waals surface area (Å²) < 4.78 is 53.5. The monoisotopic (exact) mass is 336 g/mol. The molecule has 1 aromatic rings. The van der Waals surface area contributed by atoms with Crippen LogP contribution in [0, 0.1) is 5.82 Å². The Morgan fingerprint density at radius 2 is 1.72 bits per heavy atom. The maximum absolute atomic E-state index is 12.4. The maximum Gasteiger partial charge on any atom is 0.261 e. The van der Waals surface area contributed by atoms with E-state index >= 15 is 0 Å². The highest BCUT2D eigenvalue weighted by Crippen LogP contribution is 2.14. The van der Waals surface area contributed by atoms with E-state index in [1.165, 1.54) is 12.1 Å². The fraction of sp³-hybridized carbons (Fsp3) is 0.333. The van der Waals surface area contributed by atoms with Crippen molar-refractivity contribution < 1.29 is 21.2 Å². The minimum atomic E-state index is -3.79. The quantitative estimate of drug-likeness (QED) is 0.796. The summed E-state index contributed by atoms with van der Waals surface area (Å²) in [5.74, 6) is -0.541. The summed E-state index contributed by atoms with van der Waals surface area (Å²) in [7, 11) is 2.75. The van der Waals surface area contributed by atoms with Gasteiger partial charge in [0.2, 0.25) is 9.05 Å².